The van der Waals surface area contributed by atoms with Gasteiger partial charge in [-0.05, 0) is 24.6 Å². The molecular formula is C18H18F3NO3S. The second kappa shape index (κ2) is 8.01. The van der Waals surface area contributed by atoms with Gasteiger partial charge in [-0.2, -0.15) is 13.2 Å². The third kappa shape index (κ3) is 4.31. The number of benzene rings is 2. The molecule has 0 aliphatic carbocycles. The normalized spacial score (nSPS) is 15.1. The van der Waals surface area contributed by atoms with Crippen LogP contribution in [0, 0.1) is 6.92 Å². The van der Waals surface area contributed by atoms with Crippen LogP contribution in [0.4, 0.5) is 13.2 Å². The lowest BCUT2D eigenvalue weighted by Crippen LogP contribution is -2.64. The summed E-state index contributed by atoms with van der Waals surface area (Å²) in [5.41, 5.74) is -2.02. The molecule has 2 aromatic rings. The number of rotatable bonds is 6. The van der Waals surface area contributed by atoms with Gasteiger partial charge in [0.25, 0.3) is 0 Å². The van der Waals surface area contributed by atoms with Gasteiger partial charge < -0.3 is 4.74 Å². The van der Waals surface area contributed by atoms with Crippen molar-refractivity contribution in [1.82, 2.24) is 4.72 Å². The Morgan fingerprint density at radius 3 is 2.15 bits per heavy atom. The first-order valence-corrected chi connectivity index (χ1v) is 8.80. The largest absolute Gasteiger partial charge is 0.467 e. The SMILES string of the molecule is COC(=O)[C@@](Cc1ccccc1)(N[S@@](=O)c1ccc(C)cc1)C(F)(F)F. The molecule has 0 saturated heterocycles. The smallest absolute Gasteiger partial charge is 0.418 e. The molecule has 8 heteroatoms. The number of alkyl halides is 3. The molecular weight excluding hydrogens is 367 g/mol. The molecule has 1 N–H and O–H groups in total. The predicted octanol–water partition coefficient (Wildman–Crippen LogP) is 3.32. The van der Waals surface area contributed by atoms with Gasteiger partial charge in [-0.3, -0.25) is 0 Å². The molecule has 0 radical (unpaired) electrons. The van der Waals surface area contributed by atoms with E-state index in [0.717, 1.165) is 12.7 Å². The minimum atomic E-state index is -5.03. The van der Waals surface area contributed by atoms with E-state index in [1.807, 2.05) is 4.72 Å². The lowest BCUT2D eigenvalue weighted by molar-refractivity contribution is -0.207. The van der Waals surface area contributed by atoms with E-state index in [4.69, 9.17) is 0 Å². The van der Waals surface area contributed by atoms with E-state index in [2.05, 4.69) is 4.74 Å². The second-order valence-corrected chi connectivity index (χ2v) is 6.95. The number of ether oxygens (including phenoxy) is 1. The lowest BCUT2D eigenvalue weighted by atomic mass is 9.91. The zero-order valence-electron chi connectivity index (χ0n) is 14.2. The van der Waals surface area contributed by atoms with E-state index in [1.165, 1.54) is 24.3 Å². The van der Waals surface area contributed by atoms with Gasteiger partial charge in [-0.25, -0.2) is 13.7 Å². The van der Waals surface area contributed by atoms with Crippen LogP contribution in [0.1, 0.15) is 11.1 Å². The molecule has 0 aliphatic rings. The van der Waals surface area contributed by atoms with Crippen molar-refractivity contribution < 1.29 is 26.9 Å². The first-order valence-electron chi connectivity index (χ1n) is 7.65. The summed E-state index contributed by atoms with van der Waals surface area (Å²) in [6.45, 7) is 1.80. The van der Waals surface area contributed by atoms with E-state index in [1.54, 1.807) is 37.3 Å². The summed E-state index contributed by atoms with van der Waals surface area (Å²) >= 11 is 0. The topological polar surface area (TPSA) is 55.4 Å². The minimum absolute atomic E-state index is 0.126. The predicted molar refractivity (Wildman–Crippen MR) is 91.7 cm³/mol. The highest BCUT2D eigenvalue weighted by atomic mass is 32.2. The molecule has 4 nitrogen and oxygen atoms in total. The Morgan fingerprint density at radius 1 is 1.08 bits per heavy atom. The monoisotopic (exact) mass is 385 g/mol. The fraction of sp³-hybridized carbons (Fsp3) is 0.278. The van der Waals surface area contributed by atoms with Crippen LogP contribution in [-0.2, 0) is 26.9 Å². The standard InChI is InChI=1S/C18H18F3NO3S/c1-13-8-10-15(11-9-13)26(24)22-17(16(23)25-2,18(19,20)21)12-14-6-4-3-5-7-14/h3-11,22H,12H2,1-2H3/t17-,26+/m1/s1. The Kier molecular flexibility index (Phi) is 6.20. The van der Waals surface area contributed by atoms with Gasteiger partial charge in [0, 0.05) is 6.42 Å². The third-order valence-electron chi connectivity index (χ3n) is 3.83. The lowest BCUT2D eigenvalue weighted by Gasteiger charge is -2.33. The minimum Gasteiger partial charge on any atom is -0.467 e. The van der Waals surface area contributed by atoms with Crippen molar-refractivity contribution in [2.75, 3.05) is 7.11 Å². The Labute approximate surface area is 152 Å². The molecule has 2 aromatic carbocycles. The molecule has 0 unspecified atom stereocenters. The van der Waals surface area contributed by atoms with Crippen LogP contribution in [0.2, 0.25) is 0 Å². The zero-order chi connectivity index (χ0) is 19.4. The molecule has 0 aromatic heterocycles. The summed E-state index contributed by atoms with van der Waals surface area (Å²) in [6, 6.07) is 13.8. The quantitative estimate of drug-likeness (QED) is 0.776. The second-order valence-electron chi connectivity index (χ2n) is 5.74. The number of nitrogens with one attached hydrogen (secondary N) is 1. The van der Waals surface area contributed by atoms with Gasteiger partial charge in [0.1, 0.15) is 11.0 Å². The molecule has 0 aliphatic heterocycles. The Morgan fingerprint density at radius 2 is 1.65 bits per heavy atom. The molecule has 0 bridgehead atoms. The number of hydrogen-bond acceptors (Lipinski definition) is 3. The van der Waals surface area contributed by atoms with Gasteiger partial charge in [-0.1, -0.05) is 48.0 Å². The van der Waals surface area contributed by atoms with Crippen LogP contribution in [-0.4, -0.2) is 29.0 Å². The first-order chi connectivity index (χ1) is 12.2. The van der Waals surface area contributed by atoms with E-state index >= 15 is 0 Å². The van der Waals surface area contributed by atoms with Crippen molar-refractivity contribution in [3.8, 4) is 0 Å². The Balaban J connectivity index is 2.46. The van der Waals surface area contributed by atoms with Crippen LogP contribution in [0.3, 0.4) is 0 Å². The van der Waals surface area contributed by atoms with Crippen molar-refractivity contribution in [1.29, 1.82) is 0 Å². The molecule has 2 atom stereocenters. The Bertz CT molecular complexity index is 779. The number of hydrogen-bond donors (Lipinski definition) is 1. The van der Waals surface area contributed by atoms with Crippen LogP contribution in [0.15, 0.2) is 59.5 Å². The van der Waals surface area contributed by atoms with Crippen molar-refractivity contribution in [3.05, 3.63) is 65.7 Å². The highest BCUT2D eigenvalue weighted by Gasteiger charge is 2.62. The van der Waals surface area contributed by atoms with Gasteiger partial charge in [0.2, 0.25) is 5.54 Å². The van der Waals surface area contributed by atoms with Crippen molar-refractivity contribution in [2.45, 2.75) is 30.0 Å². The van der Waals surface area contributed by atoms with Crippen LogP contribution < -0.4 is 4.72 Å². The van der Waals surface area contributed by atoms with E-state index in [0.29, 0.717) is 0 Å². The summed E-state index contributed by atoms with van der Waals surface area (Å²) in [4.78, 5) is 12.3. The maximum atomic E-state index is 13.9. The van der Waals surface area contributed by atoms with Gasteiger partial charge >= 0.3 is 12.1 Å². The van der Waals surface area contributed by atoms with E-state index in [-0.39, 0.29) is 10.5 Å². The van der Waals surface area contributed by atoms with Crippen molar-refractivity contribution >= 4 is 17.0 Å². The zero-order valence-corrected chi connectivity index (χ0v) is 15.0. The Hall–Kier alpha value is -2.19. The number of esters is 1. The summed E-state index contributed by atoms with van der Waals surface area (Å²) < 4.78 is 60.7. The third-order valence-corrected chi connectivity index (χ3v) is 5.07. The highest BCUT2D eigenvalue weighted by Crippen LogP contribution is 2.35. The highest BCUT2D eigenvalue weighted by molar-refractivity contribution is 7.83. The van der Waals surface area contributed by atoms with Crippen LogP contribution >= 0.6 is 0 Å². The number of carbonyl (C=O) groups is 1. The van der Waals surface area contributed by atoms with E-state index < -0.39 is 35.1 Å². The number of aryl methyl sites for hydroxylation is 1. The van der Waals surface area contributed by atoms with Gasteiger partial charge in [0.05, 0.1) is 12.0 Å². The van der Waals surface area contributed by atoms with Crippen LogP contribution in [0.5, 0.6) is 0 Å². The fourth-order valence-corrected chi connectivity index (χ4v) is 3.47. The number of carbonyl (C=O) groups excluding carboxylic acids is 1. The fourth-order valence-electron chi connectivity index (χ4n) is 2.38. The van der Waals surface area contributed by atoms with Crippen molar-refractivity contribution in [3.63, 3.8) is 0 Å². The first kappa shape index (κ1) is 20.1. The average Bonchev–Trinajstić information content (AvgIpc) is 2.60. The van der Waals surface area contributed by atoms with E-state index in [9.17, 15) is 22.2 Å². The molecule has 140 valence electrons. The summed E-state index contributed by atoms with van der Waals surface area (Å²) in [6.07, 6.45) is -5.78. The molecule has 0 heterocycles. The summed E-state index contributed by atoms with van der Waals surface area (Å²) in [7, 11) is -1.41. The number of halogens is 3. The van der Waals surface area contributed by atoms with Gasteiger partial charge in [-0.15, -0.1) is 0 Å². The maximum absolute atomic E-state index is 13.9. The van der Waals surface area contributed by atoms with Crippen LogP contribution in [0.25, 0.3) is 0 Å². The molecule has 0 saturated carbocycles. The average molecular weight is 385 g/mol. The molecule has 2 rings (SSSR count). The summed E-state index contributed by atoms with van der Waals surface area (Å²) in [5.74, 6) is -1.55. The molecule has 0 spiro atoms. The maximum Gasteiger partial charge on any atom is 0.418 e. The van der Waals surface area contributed by atoms with Gasteiger partial charge in [0.15, 0.2) is 0 Å². The number of methoxy groups -OCH3 is 1. The van der Waals surface area contributed by atoms with Crippen molar-refractivity contribution in [2.24, 2.45) is 0 Å². The molecule has 0 fully saturated rings. The molecule has 26 heavy (non-hydrogen) atoms. The summed E-state index contributed by atoms with van der Waals surface area (Å²) in [5, 5.41) is 0. The molecule has 0 amide bonds.